The highest BCUT2D eigenvalue weighted by molar-refractivity contribution is 14.1. The Hall–Kier alpha value is -0.620. The van der Waals surface area contributed by atoms with Gasteiger partial charge in [0.2, 0.25) is 5.91 Å². The number of benzene rings is 1. The molecule has 0 saturated heterocycles. The molecule has 0 aromatic heterocycles. The Morgan fingerprint density at radius 1 is 1.47 bits per heavy atom. The average molecular weight is 318 g/mol. The fourth-order valence-electron chi connectivity index (χ4n) is 1.06. The molecule has 0 saturated carbocycles. The van der Waals surface area contributed by atoms with Crippen LogP contribution in [-0.2, 0) is 4.79 Å². The Labute approximate surface area is 104 Å². The lowest BCUT2D eigenvalue weighted by atomic mass is 10.0. The number of anilines is 1. The van der Waals surface area contributed by atoms with Crippen LogP contribution in [0.3, 0.4) is 0 Å². The van der Waals surface area contributed by atoms with E-state index in [1.807, 2.05) is 38.1 Å². The summed E-state index contributed by atoms with van der Waals surface area (Å²) in [5, 5.41) is 2.84. The molecule has 15 heavy (non-hydrogen) atoms. The topological polar surface area (TPSA) is 55.1 Å². The van der Waals surface area contributed by atoms with Crippen LogP contribution in [0.15, 0.2) is 24.3 Å². The molecule has 2 atom stereocenters. The highest BCUT2D eigenvalue weighted by atomic mass is 127. The minimum Gasteiger partial charge on any atom is -0.327 e. The fraction of sp³-hybridized carbons (Fsp3) is 0.364. The third-order valence-corrected chi connectivity index (χ3v) is 2.97. The molecule has 1 aromatic carbocycles. The average Bonchev–Trinajstić information content (AvgIpc) is 2.16. The van der Waals surface area contributed by atoms with Crippen molar-refractivity contribution in [1.82, 2.24) is 0 Å². The Kier molecular flexibility index (Phi) is 4.53. The van der Waals surface area contributed by atoms with Gasteiger partial charge in [-0.05, 0) is 47.7 Å². The molecule has 4 heteroatoms. The first-order chi connectivity index (χ1) is 7.00. The number of nitrogens with one attached hydrogen (secondary N) is 1. The molecular weight excluding hydrogens is 303 g/mol. The Morgan fingerprint density at radius 3 is 2.67 bits per heavy atom. The van der Waals surface area contributed by atoms with E-state index in [2.05, 4.69) is 27.9 Å². The lowest BCUT2D eigenvalue weighted by molar-refractivity contribution is -0.119. The van der Waals surface area contributed by atoms with Crippen molar-refractivity contribution in [2.24, 2.45) is 11.7 Å². The van der Waals surface area contributed by atoms with Crippen LogP contribution in [0.4, 0.5) is 5.69 Å². The first kappa shape index (κ1) is 12.4. The van der Waals surface area contributed by atoms with Crippen molar-refractivity contribution in [2.45, 2.75) is 19.9 Å². The quantitative estimate of drug-likeness (QED) is 0.840. The van der Waals surface area contributed by atoms with Gasteiger partial charge in [-0.25, -0.2) is 0 Å². The Bertz CT molecular complexity index is 352. The van der Waals surface area contributed by atoms with Gasteiger partial charge in [-0.1, -0.05) is 13.0 Å². The minimum atomic E-state index is -0.178. The van der Waals surface area contributed by atoms with E-state index < -0.39 is 0 Å². The number of hydrogen-bond acceptors (Lipinski definition) is 2. The van der Waals surface area contributed by atoms with Gasteiger partial charge in [0.05, 0.1) is 5.92 Å². The van der Waals surface area contributed by atoms with Crippen LogP contribution in [0.5, 0.6) is 0 Å². The molecule has 0 aliphatic heterocycles. The van der Waals surface area contributed by atoms with Crippen LogP contribution in [0.2, 0.25) is 0 Å². The Morgan fingerprint density at radius 2 is 2.13 bits per heavy atom. The largest absolute Gasteiger partial charge is 0.327 e. The molecule has 0 bridgehead atoms. The molecule has 0 radical (unpaired) electrons. The summed E-state index contributed by atoms with van der Waals surface area (Å²) in [5.41, 5.74) is 6.48. The zero-order valence-corrected chi connectivity index (χ0v) is 11.0. The second-order valence-corrected chi connectivity index (χ2v) is 4.89. The summed E-state index contributed by atoms with van der Waals surface area (Å²) in [6.07, 6.45) is 0. The van der Waals surface area contributed by atoms with Gasteiger partial charge in [0.25, 0.3) is 0 Å². The lowest BCUT2D eigenvalue weighted by Crippen LogP contribution is -2.34. The van der Waals surface area contributed by atoms with Crippen molar-refractivity contribution < 1.29 is 4.79 Å². The van der Waals surface area contributed by atoms with Gasteiger partial charge in [-0.2, -0.15) is 0 Å². The van der Waals surface area contributed by atoms with Gasteiger partial charge in [-0.3, -0.25) is 4.79 Å². The highest BCUT2D eigenvalue weighted by Crippen LogP contribution is 2.13. The standard InChI is InChI=1S/C11H15IN2O/c1-7(8(2)13)11(15)14-10-5-3-4-9(12)6-10/h3-8H,13H2,1-2H3,(H,14,15). The van der Waals surface area contributed by atoms with Crippen LogP contribution in [0.1, 0.15) is 13.8 Å². The van der Waals surface area contributed by atoms with Gasteiger partial charge < -0.3 is 11.1 Å². The normalized spacial score (nSPS) is 14.4. The molecule has 0 fully saturated rings. The zero-order chi connectivity index (χ0) is 11.4. The van der Waals surface area contributed by atoms with E-state index >= 15 is 0 Å². The predicted molar refractivity (Wildman–Crippen MR) is 70.6 cm³/mol. The maximum atomic E-state index is 11.7. The van der Waals surface area contributed by atoms with Crippen molar-refractivity contribution in [1.29, 1.82) is 0 Å². The maximum Gasteiger partial charge on any atom is 0.228 e. The monoisotopic (exact) mass is 318 g/mol. The molecule has 3 N–H and O–H groups in total. The maximum absolute atomic E-state index is 11.7. The summed E-state index contributed by atoms with van der Waals surface area (Å²) >= 11 is 2.21. The van der Waals surface area contributed by atoms with E-state index in [4.69, 9.17) is 5.73 Å². The smallest absolute Gasteiger partial charge is 0.228 e. The van der Waals surface area contributed by atoms with Gasteiger partial charge >= 0.3 is 0 Å². The summed E-state index contributed by atoms with van der Waals surface area (Å²) in [4.78, 5) is 11.7. The third kappa shape index (κ3) is 3.79. The van der Waals surface area contributed by atoms with Crippen molar-refractivity contribution in [3.8, 4) is 0 Å². The second kappa shape index (κ2) is 5.46. The number of amides is 1. The molecule has 2 unspecified atom stereocenters. The van der Waals surface area contributed by atoms with Gasteiger partial charge in [0.1, 0.15) is 0 Å². The number of nitrogens with two attached hydrogens (primary N) is 1. The van der Waals surface area contributed by atoms with Crippen molar-refractivity contribution in [3.63, 3.8) is 0 Å². The zero-order valence-electron chi connectivity index (χ0n) is 8.83. The number of rotatable bonds is 3. The van der Waals surface area contributed by atoms with E-state index in [0.29, 0.717) is 0 Å². The molecule has 1 amide bonds. The van der Waals surface area contributed by atoms with Gasteiger partial charge in [0.15, 0.2) is 0 Å². The molecular formula is C11H15IN2O. The first-order valence-electron chi connectivity index (χ1n) is 4.82. The summed E-state index contributed by atoms with van der Waals surface area (Å²) < 4.78 is 1.10. The molecule has 1 aromatic rings. The van der Waals surface area contributed by atoms with Crippen LogP contribution in [0, 0.1) is 9.49 Å². The number of hydrogen-bond donors (Lipinski definition) is 2. The minimum absolute atomic E-state index is 0.0352. The van der Waals surface area contributed by atoms with E-state index in [1.54, 1.807) is 0 Å². The highest BCUT2D eigenvalue weighted by Gasteiger charge is 2.16. The molecule has 0 heterocycles. The van der Waals surface area contributed by atoms with E-state index in [0.717, 1.165) is 9.26 Å². The van der Waals surface area contributed by atoms with Crippen LogP contribution >= 0.6 is 22.6 Å². The van der Waals surface area contributed by atoms with Crippen LogP contribution in [0.25, 0.3) is 0 Å². The number of halogens is 1. The van der Waals surface area contributed by atoms with Crippen molar-refractivity contribution in [3.05, 3.63) is 27.8 Å². The second-order valence-electron chi connectivity index (χ2n) is 3.65. The number of carbonyl (C=O) groups is 1. The van der Waals surface area contributed by atoms with E-state index in [-0.39, 0.29) is 17.9 Å². The van der Waals surface area contributed by atoms with E-state index in [1.165, 1.54) is 0 Å². The van der Waals surface area contributed by atoms with E-state index in [9.17, 15) is 4.79 Å². The van der Waals surface area contributed by atoms with Gasteiger partial charge in [0, 0.05) is 15.3 Å². The molecule has 0 spiro atoms. The summed E-state index contributed by atoms with van der Waals surface area (Å²) in [5.74, 6) is -0.213. The lowest BCUT2D eigenvalue weighted by Gasteiger charge is -2.15. The van der Waals surface area contributed by atoms with Crippen molar-refractivity contribution in [2.75, 3.05) is 5.32 Å². The molecule has 3 nitrogen and oxygen atoms in total. The summed E-state index contributed by atoms with van der Waals surface area (Å²) in [6.45, 7) is 3.66. The third-order valence-electron chi connectivity index (χ3n) is 2.29. The first-order valence-corrected chi connectivity index (χ1v) is 5.90. The number of carbonyl (C=O) groups excluding carboxylic acids is 1. The van der Waals surface area contributed by atoms with Crippen LogP contribution < -0.4 is 11.1 Å². The summed E-state index contributed by atoms with van der Waals surface area (Å²) in [7, 11) is 0. The molecule has 1 rings (SSSR count). The summed E-state index contributed by atoms with van der Waals surface area (Å²) in [6, 6.07) is 7.55. The predicted octanol–water partition coefficient (Wildman–Crippen LogP) is 2.21. The Balaban J connectivity index is 2.66. The molecule has 0 aliphatic carbocycles. The fourth-order valence-corrected chi connectivity index (χ4v) is 1.60. The van der Waals surface area contributed by atoms with Crippen molar-refractivity contribution >= 4 is 34.2 Å². The SMILES string of the molecule is CC(N)C(C)C(=O)Nc1cccc(I)c1. The van der Waals surface area contributed by atoms with Crippen LogP contribution in [-0.4, -0.2) is 11.9 Å². The molecule has 82 valence electrons. The van der Waals surface area contributed by atoms with Gasteiger partial charge in [-0.15, -0.1) is 0 Å². The molecule has 0 aliphatic rings.